The molecule has 3 amide bonds. The largest absolute Gasteiger partial charge is 0.383 e. The molecule has 1 atom stereocenters. The van der Waals surface area contributed by atoms with Crippen molar-refractivity contribution >= 4 is 17.6 Å². The van der Waals surface area contributed by atoms with Gasteiger partial charge in [0.15, 0.2) is 0 Å². The minimum atomic E-state index is -0.309. The summed E-state index contributed by atoms with van der Waals surface area (Å²) < 4.78 is 5.31. The smallest absolute Gasteiger partial charge is 0.321 e. The number of rotatable bonds is 5. The number of piperidine rings is 1. The molecule has 3 aliphatic heterocycles. The molecule has 3 fully saturated rings. The lowest BCUT2D eigenvalue weighted by molar-refractivity contribution is -0.141. The van der Waals surface area contributed by atoms with Crippen LogP contribution in [0.5, 0.6) is 0 Å². The first-order valence-electron chi connectivity index (χ1n) is 11.6. The second kappa shape index (κ2) is 8.79. The maximum absolute atomic E-state index is 13.5. The van der Waals surface area contributed by atoms with Gasteiger partial charge in [-0.1, -0.05) is 17.7 Å². The third kappa shape index (κ3) is 3.94. The molecule has 1 unspecified atom stereocenters. The molecule has 170 valence electrons. The minimum absolute atomic E-state index is 0.0464. The molecule has 7 heteroatoms. The standard InChI is InChI=1S/C24H36N4O3/c1-4-27-14-11-24(21(27)29)18-26(15-16-31-3)17-23(24)9-12-28(13-10-23)22(30)25-20-7-5-19(2)6-8-20/h5-8H,4,9-18H2,1-3H3,(H,25,30). The number of carbonyl (C=O) groups is 2. The summed E-state index contributed by atoms with van der Waals surface area (Å²) in [5, 5.41) is 3.03. The number of nitrogens with one attached hydrogen (secondary N) is 1. The first-order valence-corrected chi connectivity index (χ1v) is 11.6. The Morgan fingerprint density at radius 1 is 1.10 bits per heavy atom. The number of amides is 3. The molecule has 1 N–H and O–H groups in total. The van der Waals surface area contributed by atoms with Gasteiger partial charge in [-0.05, 0) is 45.2 Å². The van der Waals surface area contributed by atoms with Crippen LogP contribution in [0.25, 0.3) is 0 Å². The lowest BCUT2D eigenvalue weighted by atomic mass is 9.60. The summed E-state index contributed by atoms with van der Waals surface area (Å²) in [5.74, 6) is 0.326. The monoisotopic (exact) mass is 428 g/mol. The number of fused-ring (bicyclic) bond motifs is 1. The SMILES string of the molecule is CCN1CCC2(CN(CCOC)CC23CCN(C(=O)Nc2ccc(C)cc2)CC3)C1=O. The Labute approximate surface area is 185 Å². The molecule has 3 aliphatic rings. The lowest BCUT2D eigenvalue weighted by Crippen LogP contribution is -2.54. The molecule has 0 saturated carbocycles. The topological polar surface area (TPSA) is 65.1 Å². The van der Waals surface area contributed by atoms with Gasteiger partial charge in [0.05, 0.1) is 12.0 Å². The predicted molar refractivity (Wildman–Crippen MR) is 121 cm³/mol. The third-order valence-electron chi connectivity index (χ3n) is 7.84. The summed E-state index contributed by atoms with van der Waals surface area (Å²) in [6, 6.07) is 7.84. The zero-order valence-corrected chi connectivity index (χ0v) is 19.2. The summed E-state index contributed by atoms with van der Waals surface area (Å²) in [5.41, 5.74) is 1.63. The highest BCUT2D eigenvalue weighted by molar-refractivity contribution is 5.90. The van der Waals surface area contributed by atoms with E-state index in [0.717, 1.165) is 57.7 Å². The van der Waals surface area contributed by atoms with E-state index in [2.05, 4.69) is 17.1 Å². The van der Waals surface area contributed by atoms with E-state index in [1.165, 1.54) is 5.56 Å². The first kappa shape index (κ1) is 22.1. The normalized spacial score (nSPS) is 25.7. The van der Waals surface area contributed by atoms with E-state index in [9.17, 15) is 9.59 Å². The molecule has 1 aromatic rings. The highest BCUT2D eigenvalue weighted by Crippen LogP contribution is 2.57. The fourth-order valence-corrected chi connectivity index (χ4v) is 5.95. The van der Waals surface area contributed by atoms with Crippen LogP contribution in [-0.4, -0.2) is 86.2 Å². The van der Waals surface area contributed by atoms with Crippen LogP contribution in [0.3, 0.4) is 0 Å². The van der Waals surface area contributed by atoms with E-state index >= 15 is 0 Å². The van der Waals surface area contributed by atoms with Crippen molar-refractivity contribution in [1.29, 1.82) is 0 Å². The summed E-state index contributed by atoms with van der Waals surface area (Å²) in [6.45, 7) is 10.4. The van der Waals surface area contributed by atoms with Crippen molar-refractivity contribution in [3.8, 4) is 0 Å². The molecule has 0 aliphatic carbocycles. The number of hydrogen-bond acceptors (Lipinski definition) is 4. The van der Waals surface area contributed by atoms with Crippen LogP contribution in [0.1, 0.15) is 31.7 Å². The van der Waals surface area contributed by atoms with Crippen molar-refractivity contribution in [1.82, 2.24) is 14.7 Å². The van der Waals surface area contributed by atoms with E-state index in [1.807, 2.05) is 41.0 Å². The third-order valence-corrected chi connectivity index (χ3v) is 7.84. The molecule has 0 bridgehead atoms. The van der Waals surface area contributed by atoms with E-state index in [0.29, 0.717) is 25.6 Å². The molecule has 0 aromatic heterocycles. The molecule has 2 spiro atoms. The summed E-state index contributed by atoms with van der Waals surface area (Å²) in [7, 11) is 1.73. The Kier molecular flexibility index (Phi) is 6.26. The Bertz CT molecular complexity index is 804. The molecule has 4 rings (SSSR count). The van der Waals surface area contributed by atoms with Crippen LogP contribution >= 0.6 is 0 Å². The number of hydrogen-bond donors (Lipinski definition) is 1. The van der Waals surface area contributed by atoms with Crippen LogP contribution in [0.4, 0.5) is 10.5 Å². The second-order valence-electron chi connectivity index (χ2n) is 9.48. The van der Waals surface area contributed by atoms with Crippen molar-refractivity contribution in [3.63, 3.8) is 0 Å². The molecular formula is C24H36N4O3. The van der Waals surface area contributed by atoms with Gasteiger partial charge < -0.3 is 19.9 Å². The van der Waals surface area contributed by atoms with Crippen LogP contribution in [0, 0.1) is 17.8 Å². The van der Waals surface area contributed by atoms with Crippen molar-refractivity contribution in [2.75, 3.05) is 64.8 Å². The van der Waals surface area contributed by atoms with Gasteiger partial charge in [-0.2, -0.15) is 0 Å². The van der Waals surface area contributed by atoms with Crippen molar-refractivity contribution in [3.05, 3.63) is 29.8 Å². The Balaban J connectivity index is 1.47. The van der Waals surface area contributed by atoms with Gasteiger partial charge in [0.1, 0.15) is 0 Å². The highest BCUT2D eigenvalue weighted by Gasteiger charge is 2.64. The molecule has 3 heterocycles. The van der Waals surface area contributed by atoms with Crippen LogP contribution in [0.15, 0.2) is 24.3 Å². The molecule has 0 radical (unpaired) electrons. The van der Waals surface area contributed by atoms with E-state index < -0.39 is 0 Å². The summed E-state index contributed by atoms with van der Waals surface area (Å²) in [4.78, 5) is 32.7. The second-order valence-corrected chi connectivity index (χ2v) is 9.48. The number of carbonyl (C=O) groups excluding carboxylic acids is 2. The molecule has 31 heavy (non-hydrogen) atoms. The van der Waals surface area contributed by atoms with Gasteiger partial charge in [-0.25, -0.2) is 4.79 Å². The van der Waals surface area contributed by atoms with Crippen molar-refractivity contribution in [2.45, 2.75) is 33.1 Å². The summed E-state index contributed by atoms with van der Waals surface area (Å²) >= 11 is 0. The fraction of sp³-hybridized carbons (Fsp3) is 0.667. The number of anilines is 1. The van der Waals surface area contributed by atoms with Crippen LogP contribution in [0.2, 0.25) is 0 Å². The Morgan fingerprint density at radius 3 is 2.42 bits per heavy atom. The van der Waals surface area contributed by atoms with Gasteiger partial charge in [-0.3, -0.25) is 9.69 Å². The zero-order valence-electron chi connectivity index (χ0n) is 19.2. The zero-order chi connectivity index (χ0) is 22.1. The van der Waals surface area contributed by atoms with Gasteiger partial charge >= 0.3 is 6.03 Å². The van der Waals surface area contributed by atoms with Gasteiger partial charge in [0, 0.05) is 64.0 Å². The van der Waals surface area contributed by atoms with E-state index in [4.69, 9.17) is 4.74 Å². The van der Waals surface area contributed by atoms with Crippen LogP contribution < -0.4 is 5.32 Å². The van der Waals surface area contributed by atoms with Gasteiger partial charge in [0.2, 0.25) is 5.91 Å². The van der Waals surface area contributed by atoms with Crippen molar-refractivity contribution in [2.24, 2.45) is 10.8 Å². The number of methoxy groups -OCH3 is 1. The molecule has 3 saturated heterocycles. The Hall–Kier alpha value is -2.12. The average Bonchev–Trinajstić information content (AvgIpc) is 3.26. The minimum Gasteiger partial charge on any atom is -0.383 e. The fourth-order valence-electron chi connectivity index (χ4n) is 5.95. The van der Waals surface area contributed by atoms with Gasteiger partial charge in [0.25, 0.3) is 0 Å². The maximum atomic E-state index is 13.5. The number of benzene rings is 1. The number of nitrogens with zero attached hydrogens (tertiary/aromatic N) is 3. The highest BCUT2D eigenvalue weighted by atomic mass is 16.5. The van der Waals surface area contributed by atoms with E-state index in [-0.39, 0.29) is 16.9 Å². The molecule has 1 aromatic carbocycles. The Morgan fingerprint density at radius 2 is 1.81 bits per heavy atom. The van der Waals surface area contributed by atoms with Crippen molar-refractivity contribution < 1.29 is 14.3 Å². The number of ether oxygens (including phenoxy) is 1. The number of urea groups is 1. The number of likely N-dealkylation sites (tertiary alicyclic amines) is 3. The van der Waals surface area contributed by atoms with Gasteiger partial charge in [-0.15, -0.1) is 0 Å². The molecular weight excluding hydrogens is 392 g/mol. The van der Waals surface area contributed by atoms with Crippen LogP contribution in [-0.2, 0) is 9.53 Å². The number of aryl methyl sites for hydroxylation is 1. The van der Waals surface area contributed by atoms with E-state index in [1.54, 1.807) is 7.11 Å². The summed E-state index contributed by atoms with van der Waals surface area (Å²) in [6.07, 6.45) is 2.68. The molecule has 7 nitrogen and oxygen atoms in total. The quantitative estimate of drug-likeness (QED) is 0.783. The maximum Gasteiger partial charge on any atom is 0.321 e. The lowest BCUT2D eigenvalue weighted by Gasteiger charge is -2.47. The predicted octanol–water partition coefficient (Wildman–Crippen LogP) is 2.81. The average molecular weight is 429 g/mol. The first-order chi connectivity index (χ1) is 14.9.